The summed E-state index contributed by atoms with van der Waals surface area (Å²) in [5.74, 6) is 0.742. The fourth-order valence-electron chi connectivity index (χ4n) is 5.52. The molecule has 5 nitrogen and oxygen atoms in total. The monoisotopic (exact) mass is 498 g/mol. The standard InChI is InChI=1S/C25H37Cl2FN4O/c26-22-2-1-3-23(24(22)27)32-16-14-31(15-17-32)13-12-18-4-8-20(9-5-18)29-25(33)30-21-10-6-19(28)7-11-21/h1-3,18-21H,4-17H2,(H2,29,30,33)/t18-,19?,20-,21?. The second kappa shape index (κ2) is 11.9. The van der Waals surface area contributed by atoms with Crippen molar-refractivity contribution in [2.45, 2.75) is 76.0 Å². The molecule has 3 fully saturated rings. The molecule has 33 heavy (non-hydrogen) atoms. The van der Waals surface area contributed by atoms with Gasteiger partial charge in [0.25, 0.3) is 0 Å². The fraction of sp³-hybridized carbons (Fsp3) is 0.720. The number of alkyl halides is 1. The van der Waals surface area contributed by atoms with Gasteiger partial charge in [-0.1, -0.05) is 29.3 Å². The van der Waals surface area contributed by atoms with Gasteiger partial charge in [0, 0.05) is 38.3 Å². The molecule has 1 heterocycles. The molecule has 0 radical (unpaired) electrons. The second-order valence-electron chi connectivity index (χ2n) is 9.97. The summed E-state index contributed by atoms with van der Waals surface area (Å²) in [6.07, 6.45) is 7.64. The maximum atomic E-state index is 13.3. The molecule has 4 rings (SSSR count). The van der Waals surface area contributed by atoms with E-state index in [1.165, 1.54) is 19.3 Å². The van der Waals surface area contributed by atoms with Crippen LogP contribution in [0.2, 0.25) is 10.0 Å². The SMILES string of the molecule is O=C(NC1CCC(F)CC1)N[C@H]1CC[C@H](CCN2CCN(c3cccc(Cl)c3Cl)CC2)CC1. The van der Waals surface area contributed by atoms with Gasteiger partial charge >= 0.3 is 6.03 Å². The van der Waals surface area contributed by atoms with Gasteiger partial charge < -0.3 is 15.5 Å². The summed E-state index contributed by atoms with van der Waals surface area (Å²) in [5.41, 5.74) is 1.04. The van der Waals surface area contributed by atoms with Crippen LogP contribution in [0, 0.1) is 5.92 Å². The lowest BCUT2D eigenvalue weighted by atomic mass is 9.84. The molecule has 1 aliphatic heterocycles. The van der Waals surface area contributed by atoms with Crippen molar-refractivity contribution < 1.29 is 9.18 Å². The predicted octanol–water partition coefficient (Wildman–Crippen LogP) is 5.64. The number of anilines is 1. The molecule has 0 unspecified atom stereocenters. The van der Waals surface area contributed by atoms with E-state index in [0.29, 0.717) is 22.9 Å². The van der Waals surface area contributed by atoms with Crippen LogP contribution in [0.5, 0.6) is 0 Å². The third-order valence-corrected chi connectivity index (χ3v) is 8.48. The Morgan fingerprint density at radius 2 is 1.52 bits per heavy atom. The number of benzene rings is 1. The third-order valence-electron chi connectivity index (χ3n) is 7.67. The Hall–Kier alpha value is -1.24. The van der Waals surface area contributed by atoms with Crippen molar-refractivity contribution in [1.29, 1.82) is 0 Å². The van der Waals surface area contributed by atoms with Crippen LogP contribution in [0.25, 0.3) is 0 Å². The number of amides is 2. The number of halogens is 3. The van der Waals surface area contributed by atoms with E-state index < -0.39 is 6.17 Å². The number of hydrogen-bond donors (Lipinski definition) is 2. The zero-order chi connectivity index (χ0) is 23.2. The maximum Gasteiger partial charge on any atom is 0.315 e. The van der Waals surface area contributed by atoms with Crippen molar-refractivity contribution in [2.24, 2.45) is 5.92 Å². The Balaban J connectivity index is 1.10. The summed E-state index contributed by atoms with van der Waals surface area (Å²) in [6.45, 7) is 5.17. The van der Waals surface area contributed by atoms with Gasteiger partial charge in [-0.05, 0) is 82.4 Å². The normalized spacial score (nSPS) is 29.0. The van der Waals surface area contributed by atoms with E-state index in [0.717, 1.165) is 70.0 Å². The molecule has 8 heteroatoms. The van der Waals surface area contributed by atoms with Gasteiger partial charge in [-0.15, -0.1) is 0 Å². The van der Waals surface area contributed by atoms with Gasteiger partial charge in [0.1, 0.15) is 6.17 Å². The fourth-order valence-corrected chi connectivity index (χ4v) is 5.93. The summed E-state index contributed by atoms with van der Waals surface area (Å²) < 4.78 is 13.3. The first-order valence-electron chi connectivity index (χ1n) is 12.6. The van der Waals surface area contributed by atoms with Crippen LogP contribution in [0.4, 0.5) is 14.9 Å². The zero-order valence-electron chi connectivity index (χ0n) is 19.4. The molecule has 1 aromatic rings. The molecule has 3 aliphatic rings. The molecule has 2 N–H and O–H groups in total. The average molecular weight is 500 g/mol. The van der Waals surface area contributed by atoms with Crippen LogP contribution in [0.1, 0.15) is 57.8 Å². The molecular formula is C25H37Cl2FN4O. The Kier molecular flexibility index (Phi) is 9.00. The van der Waals surface area contributed by atoms with Crippen LogP contribution in [0.3, 0.4) is 0 Å². The lowest BCUT2D eigenvalue weighted by molar-refractivity contribution is 0.195. The first-order chi connectivity index (χ1) is 16.0. The number of rotatable bonds is 6. The average Bonchev–Trinajstić information content (AvgIpc) is 2.82. The number of hydrogen-bond acceptors (Lipinski definition) is 3. The molecule has 1 aromatic carbocycles. The summed E-state index contributed by atoms with van der Waals surface area (Å²) in [6, 6.07) is 6.16. The van der Waals surface area contributed by atoms with Crippen LogP contribution < -0.4 is 15.5 Å². The summed E-state index contributed by atoms with van der Waals surface area (Å²) >= 11 is 12.6. The molecular weight excluding hydrogens is 462 g/mol. The highest BCUT2D eigenvalue weighted by Crippen LogP contribution is 2.33. The highest BCUT2D eigenvalue weighted by molar-refractivity contribution is 6.43. The van der Waals surface area contributed by atoms with Crippen LogP contribution >= 0.6 is 23.2 Å². The molecule has 184 valence electrons. The zero-order valence-corrected chi connectivity index (χ0v) is 20.9. The smallest absolute Gasteiger partial charge is 0.315 e. The Morgan fingerprint density at radius 3 is 2.15 bits per heavy atom. The van der Waals surface area contributed by atoms with E-state index in [1.54, 1.807) is 0 Å². The van der Waals surface area contributed by atoms with Crippen LogP contribution in [0.15, 0.2) is 18.2 Å². The minimum absolute atomic E-state index is 0.0709. The Labute approximate surface area is 207 Å². The lowest BCUT2D eigenvalue weighted by Gasteiger charge is -2.37. The highest BCUT2D eigenvalue weighted by Gasteiger charge is 2.26. The topological polar surface area (TPSA) is 47.6 Å². The Morgan fingerprint density at radius 1 is 0.909 bits per heavy atom. The van der Waals surface area contributed by atoms with Crippen molar-refractivity contribution in [3.05, 3.63) is 28.2 Å². The van der Waals surface area contributed by atoms with E-state index in [2.05, 4.69) is 20.4 Å². The summed E-state index contributed by atoms with van der Waals surface area (Å²) in [4.78, 5) is 17.2. The molecule has 0 bridgehead atoms. The van der Waals surface area contributed by atoms with Crippen molar-refractivity contribution in [3.8, 4) is 0 Å². The largest absolute Gasteiger partial charge is 0.368 e. The molecule has 0 aromatic heterocycles. The van der Waals surface area contributed by atoms with Crippen LogP contribution in [-0.4, -0.2) is 61.9 Å². The van der Waals surface area contributed by atoms with E-state index in [-0.39, 0.29) is 18.1 Å². The van der Waals surface area contributed by atoms with E-state index >= 15 is 0 Å². The van der Waals surface area contributed by atoms with Gasteiger partial charge in [0.15, 0.2) is 0 Å². The van der Waals surface area contributed by atoms with E-state index in [4.69, 9.17) is 23.2 Å². The van der Waals surface area contributed by atoms with Crippen molar-refractivity contribution in [3.63, 3.8) is 0 Å². The third kappa shape index (κ3) is 7.12. The molecule has 2 saturated carbocycles. The van der Waals surface area contributed by atoms with Crippen molar-refractivity contribution in [1.82, 2.24) is 15.5 Å². The number of carbonyl (C=O) groups excluding carboxylic acids is 1. The number of nitrogens with zero attached hydrogens (tertiary/aromatic N) is 2. The number of nitrogens with one attached hydrogen (secondary N) is 2. The lowest BCUT2D eigenvalue weighted by Crippen LogP contribution is -2.48. The van der Waals surface area contributed by atoms with Gasteiger partial charge in [-0.25, -0.2) is 9.18 Å². The van der Waals surface area contributed by atoms with E-state index in [9.17, 15) is 9.18 Å². The molecule has 1 saturated heterocycles. The predicted molar refractivity (Wildman–Crippen MR) is 134 cm³/mol. The first-order valence-corrected chi connectivity index (χ1v) is 13.4. The minimum atomic E-state index is -0.688. The van der Waals surface area contributed by atoms with Crippen molar-refractivity contribution >= 4 is 34.9 Å². The number of urea groups is 1. The molecule has 2 amide bonds. The summed E-state index contributed by atoms with van der Waals surface area (Å²) in [5, 5.41) is 7.46. The first kappa shape index (κ1) is 24.9. The van der Waals surface area contributed by atoms with Crippen molar-refractivity contribution in [2.75, 3.05) is 37.6 Å². The minimum Gasteiger partial charge on any atom is -0.368 e. The van der Waals surface area contributed by atoms with Crippen LogP contribution in [-0.2, 0) is 0 Å². The summed E-state index contributed by atoms with van der Waals surface area (Å²) in [7, 11) is 0. The molecule has 2 aliphatic carbocycles. The number of carbonyl (C=O) groups is 1. The quantitative estimate of drug-likeness (QED) is 0.532. The molecule has 0 atom stereocenters. The van der Waals surface area contributed by atoms with Gasteiger partial charge in [-0.3, -0.25) is 4.90 Å². The molecule has 0 spiro atoms. The Bertz CT molecular complexity index is 774. The maximum absolute atomic E-state index is 13.3. The number of piperazine rings is 1. The van der Waals surface area contributed by atoms with Gasteiger partial charge in [0.05, 0.1) is 15.7 Å². The second-order valence-corrected chi connectivity index (χ2v) is 10.8. The highest BCUT2D eigenvalue weighted by atomic mass is 35.5. The van der Waals surface area contributed by atoms with Gasteiger partial charge in [-0.2, -0.15) is 0 Å². The van der Waals surface area contributed by atoms with E-state index in [1.807, 2.05) is 18.2 Å². The van der Waals surface area contributed by atoms with Gasteiger partial charge in [0.2, 0.25) is 0 Å².